The fourth-order valence-electron chi connectivity index (χ4n) is 1.41. The predicted octanol–water partition coefficient (Wildman–Crippen LogP) is 1.58. The quantitative estimate of drug-likeness (QED) is 0.629. The molecule has 2 nitrogen and oxygen atoms in total. The minimum Gasteiger partial charge on any atom is -0.379 e. The van der Waals surface area contributed by atoms with Gasteiger partial charge in [-0.15, -0.1) is 11.6 Å². The van der Waals surface area contributed by atoms with Gasteiger partial charge in [0.05, 0.1) is 13.2 Å². The minimum atomic E-state index is 0.235. The molecule has 1 heterocycles. The van der Waals surface area contributed by atoms with Crippen molar-refractivity contribution in [2.75, 3.05) is 38.7 Å². The van der Waals surface area contributed by atoms with Crippen LogP contribution in [-0.2, 0) is 4.74 Å². The van der Waals surface area contributed by atoms with Gasteiger partial charge in [0, 0.05) is 25.5 Å². The van der Waals surface area contributed by atoms with Gasteiger partial charge in [-0.05, 0) is 5.41 Å². The van der Waals surface area contributed by atoms with Gasteiger partial charge in [0.15, 0.2) is 0 Å². The molecule has 0 amide bonds. The van der Waals surface area contributed by atoms with Crippen LogP contribution in [-0.4, -0.2) is 43.6 Å². The highest BCUT2D eigenvalue weighted by atomic mass is 35.5. The molecule has 72 valence electrons. The third-order valence-corrected chi connectivity index (χ3v) is 2.84. The number of halogens is 1. The fourth-order valence-corrected chi connectivity index (χ4v) is 1.49. The van der Waals surface area contributed by atoms with Crippen molar-refractivity contribution in [1.82, 2.24) is 4.90 Å². The summed E-state index contributed by atoms with van der Waals surface area (Å²) in [4.78, 5) is 2.42. The van der Waals surface area contributed by atoms with Crippen LogP contribution >= 0.6 is 11.6 Å². The zero-order valence-corrected chi connectivity index (χ0v) is 8.73. The van der Waals surface area contributed by atoms with Crippen molar-refractivity contribution in [2.24, 2.45) is 5.41 Å². The molecule has 1 aliphatic rings. The molecule has 0 N–H and O–H groups in total. The van der Waals surface area contributed by atoms with Crippen LogP contribution in [0.1, 0.15) is 13.8 Å². The summed E-state index contributed by atoms with van der Waals surface area (Å²) in [5.74, 6) is 0.727. The largest absolute Gasteiger partial charge is 0.379 e. The van der Waals surface area contributed by atoms with E-state index in [4.69, 9.17) is 16.3 Å². The number of hydrogen-bond donors (Lipinski definition) is 0. The van der Waals surface area contributed by atoms with Gasteiger partial charge >= 0.3 is 0 Å². The first-order chi connectivity index (χ1) is 5.64. The Morgan fingerprint density at radius 3 is 2.42 bits per heavy atom. The summed E-state index contributed by atoms with van der Waals surface area (Å²) in [6.07, 6.45) is 0. The van der Waals surface area contributed by atoms with Crippen molar-refractivity contribution in [3.8, 4) is 0 Å². The molecule has 0 spiro atoms. The van der Waals surface area contributed by atoms with E-state index >= 15 is 0 Å². The first-order valence-electron chi connectivity index (χ1n) is 4.50. The second-order valence-corrected chi connectivity index (χ2v) is 4.45. The van der Waals surface area contributed by atoms with Crippen molar-refractivity contribution in [1.29, 1.82) is 0 Å². The predicted molar refractivity (Wildman–Crippen MR) is 51.8 cm³/mol. The summed E-state index contributed by atoms with van der Waals surface area (Å²) in [6.45, 7) is 9.35. The molecule has 0 radical (unpaired) electrons. The Morgan fingerprint density at radius 2 is 1.92 bits per heavy atom. The van der Waals surface area contributed by atoms with Crippen LogP contribution in [0.15, 0.2) is 0 Å². The Labute approximate surface area is 79.8 Å². The second kappa shape index (κ2) is 4.45. The molecular formula is C9H18ClNO. The Morgan fingerprint density at radius 1 is 1.33 bits per heavy atom. The van der Waals surface area contributed by atoms with Crippen molar-refractivity contribution in [3.05, 3.63) is 0 Å². The summed E-state index contributed by atoms with van der Waals surface area (Å²) in [5.41, 5.74) is 0.235. The third-order valence-electron chi connectivity index (χ3n) is 2.12. The molecule has 1 saturated heterocycles. The maximum atomic E-state index is 5.85. The number of rotatable bonds is 3. The average molecular weight is 192 g/mol. The molecule has 0 saturated carbocycles. The first-order valence-corrected chi connectivity index (χ1v) is 5.03. The fraction of sp³-hybridized carbons (Fsp3) is 1.00. The summed E-state index contributed by atoms with van der Waals surface area (Å²) in [7, 11) is 0. The second-order valence-electron chi connectivity index (χ2n) is 4.19. The molecule has 12 heavy (non-hydrogen) atoms. The van der Waals surface area contributed by atoms with E-state index in [-0.39, 0.29) is 5.41 Å². The van der Waals surface area contributed by atoms with E-state index in [9.17, 15) is 0 Å². The number of morpholine rings is 1. The van der Waals surface area contributed by atoms with Crippen LogP contribution in [0, 0.1) is 5.41 Å². The van der Waals surface area contributed by atoms with Gasteiger partial charge in [-0.2, -0.15) is 0 Å². The molecule has 3 heteroatoms. The van der Waals surface area contributed by atoms with E-state index in [0.29, 0.717) is 0 Å². The normalized spacial score (nSPS) is 21.2. The number of ether oxygens (including phenoxy) is 1. The lowest BCUT2D eigenvalue weighted by atomic mass is 9.95. The maximum Gasteiger partial charge on any atom is 0.0594 e. The summed E-state index contributed by atoms with van der Waals surface area (Å²) < 4.78 is 5.27. The lowest BCUT2D eigenvalue weighted by Gasteiger charge is -2.33. The molecule has 1 rings (SSSR count). The monoisotopic (exact) mass is 191 g/mol. The van der Waals surface area contributed by atoms with Crippen LogP contribution in [0.25, 0.3) is 0 Å². The summed E-state index contributed by atoms with van der Waals surface area (Å²) in [5, 5.41) is 0. The van der Waals surface area contributed by atoms with E-state index in [1.165, 1.54) is 0 Å². The topological polar surface area (TPSA) is 12.5 Å². The zero-order valence-electron chi connectivity index (χ0n) is 7.98. The van der Waals surface area contributed by atoms with Crippen molar-refractivity contribution < 1.29 is 4.74 Å². The lowest BCUT2D eigenvalue weighted by Crippen LogP contribution is -2.42. The minimum absolute atomic E-state index is 0.235. The van der Waals surface area contributed by atoms with Crippen LogP contribution < -0.4 is 0 Å². The Bertz CT molecular complexity index is 132. The average Bonchev–Trinajstić information content (AvgIpc) is 2.06. The standard InChI is InChI=1S/C9H18ClNO/c1-9(2,7-10)8-11-3-5-12-6-4-11/h3-8H2,1-2H3. The highest BCUT2D eigenvalue weighted by Crippen LogP contribution is 2.19. The van der Waals surface area contributed by atoms with Crippen LogP contribution in [0.4, 0.5) is 0 Å². The van der Waals surface area contributed by atoms with E-state index < -0.39 is 0 Å². The molecule has 0 unspecified atom stereocenters. The number of alkyl halides is 1. The smallest absolute Gasteiger partial charge is 0.0594 e. The molecule has 0 aromatic carbocycles. The van der Waals surface area contributed by atoms with Gasteiger partial charge in [0.1, 0.15) is 0 Å². The van der Waals surface area contributed by atoms with E-state index in [0.717, 1.165) is 38.7 Å². The summed E-state index contributed by atoms with van der Waals surface area (Å²) >= 11 is 5.85. The number of nitrogens with zero attached hydrogens (tertiary/aromatic N) is 1. The molecule has 0 atom stereocenters. The molecular weight excluding hydrogens is 174 g/mol. The Hall–Kier alpha value is 0.210. The molecule has 0 aromatic heterocycles. The molecule has 1 aliphatic heterocycles. The first kappa shape index (κ1) is 10.3. The maximum absolute atomic E-state index is 5.85. The van der Waals surface area contributed by atoms with Gasteiger partial charge in [0.25, 0.3) is 0 Å². The van der Waals surface area contributed by atoms with E-state index in [1.807, 2.05) is 0 Å². The van der Waals surface area contributed by atoms with Gasteiger partial charge < -0.3 is 4.74 Å². The van der Waals surface area contributed by atoms with Crippen molar-refractivity contribution in [3.63, 3.8) is 0 Å². The van der Waals surface area contributed by atoms with E-state index in [2.05, 4.69) is 18.7 Å². The lowest BCUT2D eigenvalue weighted by molar-refractivity contribution is 0.0241. The van der Waals surface area contributed by atoms with Gasteiger partial charge in [-0.25, -0.2) is 0 Å². The van der Waals surface area contributed by atoms with Crippen LogP contribution in [0.5, 0.6) is 0 Å². The van der Waals surface area contributed by atoms with Crippen LogP contribution in [0.3, 0.4) is 0 Å². The van der Waals surface area contributed by atoms with Crippen molar-refractivity contribution in [2.45, 2.75) is 13.8 Å². The molecule has 0 aromatic rings. The van der Waals surface area contributed by atoms with Gasteiger partial charge in [0.2, 0.25) is 0 Å². The van der Waals surface area contributed by atoms with Gasteiger partial charge in [-0.3, -0.25) is 4.90 Å². The van der Waals surface area contributed by atoms with Gasteiger partial charge in [-0.1, -0.05) is 13.8 Å². The third kappa shape index (κ3) is 3.30. The highest BCUT2D eigenvalue weighted by molar-refractivity contribution is 6.18. The summed E-state index contributed by atoms with van der Waals surface area (Å²) in [6, 6.07) is 0. The zero-order chi connectivity index (χ0) is 9.03. The number of hydrogen-bond acceptors (Lipinski definition) is 2. The molecule has 0 bridgehead atoms. The molecule has 0 aliphatic carbocycles. The SMILES string of the molecule is CC(C)(CCl)CN1CCOCC1. The Kier molecular flexibility index (Phi) is 3.81. The molecule has 1 fully saturated rings. The highest BCUT2D eigenvalue weighted by Gasteiger charge is 2.21. The Balaban J connectivity index is 2.28. The van der Waals surface area contributed by atoms with Crippen LogP contribution in [0.2, 0.25) is 0 Å². The van der Waals surface area contributed by atoms with Crippen molar-refractivity contribution >= 4 is 11.6 Å². The van der Waals surface area contributed by atoms with E-state index in [1.54, 1.807) is 0 Å².